The zero-order chi connectivity index (χ0) is 15.1. The maximum atomic E-state index is 5.97. The molecule has 0 aliphatic heterocycles. The molecule has 2 aromatic rings. The molecule has 2 aromatic carbocycles. The van der Waals surface area contributed by atoms with Gasteiger partial charge in [-0.2, -0.15) is 0 Å². The topological polar surface area (TPSA) is 8.88 Å². The summed E-state index contributed by atoms with van der Waals surface area (Å²) in [6.07, 6.45) is 0. The molecule has 1 atom stereocenters. The second kappa shape index (κ2) is 8.18. The van der Waals surface area contributed by atoms with Gasteiger partial charge in [0.1, 0.15) is 26.2 Å². The van der Waals surface area contributed by atoms with Crippen LogP contribution in [0, 0.1) is 0 Å². The molecule has 0 aliphatic carbocycles. The molecule has 0 fully saturated rings. The number of hydrogen-bond acceptors (Lipinski definition) is 0. The summed E-state index contributed by atoms with van der Waals surface area (Å²) < 4.78 is 0. The van der Waals surface area contributed by atoms with Crippen molar-refractivity contribution < 1.29 is 9.80 Å². The van der Waals surface area contributed by atoms with Crippen LogP contribution in [0.15, 0.2) is 54.6 Å². The molecule has 1 unspecified atom stereocenters. The molecule has 0 spiro atoms. The third kappa shape index (κ3) is 5.88. The zero-order valence-electron chi connectivity index (χ0n) is 12.9. The highest BCUT2D eigenvalue weighted by atomic mass is 35.5. The standard InChI is InChI=1S/C18H23ClN2/c1-20(2)12-13-21(14-16-6-4-3-5-7-16)15-17-8-10-18(19)11-9-17/h3-11H,12-15H2,1-2H3/p+2. The lowest BCUT2D eigenvalue weighted by atomic mass is 10.1. The summed E-state index contributed by atoms with van der Waals surface area (Å²) in [7, 11) is 4.42. The van der Waals surface area contributed by atoms with Crippen molar-refractivity contribution in [2.45, 2.75) is 13.1 Å². The Morgan fingerprint density at radius 1 is 0.762 bits per heavy atom. The van der Waals surface area contributed by atoms with Crippen LogP contribution in [-0.2, 0) is 13.1 Å². The van der Waals surface area contributed by atoms with Crippen molar-refractivity contribution >= 4 is 11.6 Å². The lowest BCUT2D eigenvalue weighted by molar-refractivity contribution is -0.960. The second-order valence-corrected chi connectivity index (χ2v) is 6.36. The Hall–Kier alpha value is -1.35. The van der Waals surface area contributed by atoms with E-state index in [1.807, 2.05) is 12.1 Å². The Bertz CT molecular complexity index is 523. The number of benzene rings is 2. The van der Waals surface area contributed by atoms with Crippen molar-refractivity contribution in [3.63, 3.8) is 0 Å². The molecular weight excluding hydrogens is 280 g/mol. The van der Waals surface area contributed by atoms with Crippen molar-refractivity contribution in [3.05, 3.63) is 70.7 Å². The summed E-state index contributed by atoms with van der Waals surface area (Å²) in [6.45, 7) is 4.45. The third-order valence-electron chi connectivity index (χ3n) is 3.64. The monoisotopic (exact) mass is 304 g/mol. The quantitative estimate of drug-likeness (QED) is 0.757. The first kappa shape index (κ1) is 16.0. The normalized spacial score (nSPS) is 12.6. The number of hydrogen-bond donors (Lipinski definition) is 2. The first-order valence-electron chi connectivity index (χ1n) is 7.54. The fourth-order valence-electron chi connectivity index (χ4n) is 2.44. The van der Waals surface area contributed by atoms with E-state index >= 15 is 0 Å². The molecule has 0 bridgehead atoms. The predicted octanol–water partition coefficient (Wildman–Crippen LogP) is 1.07. The maximum Gasteiger partial charge on any atom is 0.127 e. The Balaban J connectivity index is 2.02. The summed E-state index contributed by atoms with van der Waals surface area (Å²) in [5.74, 6) is 0. The fourth-order valence-corrected chi connectivity index (χ4v) is 2.57. The lowest BCUT2D eigenvalue weighted by Crippen LogP contribution is -3.16. The first-order chi connectivity index (χ1) is 10.1. The van der Waals surface area contributed by atoms with E-state index in [-0.39, 0.29) is 0 Å². The van der Waals surface area contributed by atoms with E-state index in [4.69, 9.17) is 11.6 Å². The van der Waals surface area contributed by atoms with E-state index < -0.39 is 0 Å². The van der Waals surface area contributed by atoms with Crippen LogP contribution in [0.2, 0.25) is 5.02 Å². The van der Waals surface area contributed by atoms with Gasteiger partial charge in [0, 0.05) is 16.1 Å². The number of quaternary nitrogens is 2. The molecule has 0 saturated carbocycles. The predicted molar refractivity (Wildman–Crippen MR) is 88.8 cm³/mol. The molecule has 2 N–H and O–H groups in total. The molecule has 0 aliphatic rings. The highest BCUT2D eigenvalue weighted by molar-refractivity contribution is 6.30. The van der Waals surface area contributed by atoms with Gasteiger partial charge in [0.25, 0.3) is 0 Å². The first-order valence-corrected chi connectivity index (χ1v) is 7.92. The molecule has 112 valence electrons. The second-order valence-electron chi connectivity index (χ2n) is 5.92. The average Bonchev–Trinajstić information content (AvgIpc) is 2.48. The summed E-state index contributed by atoms with van der Waals surface area (Å²) in [5.41, 5.74) is 2.74. The van der Waals surface area contributed by atoms with Gasteiger partial charge in [-0.05, 0) is 12.1 Å². The van der Waals surface area contributed by atoms with Gasteiger partial charge in [-0.25, -0.2) is 0 Å². The fraction of sp³-hybridized carbons (Fsp3) is 0.333. The van der Waals surface area contributed by atoms with E-state index in [1.165, 1.54) is 29.1 Å². The number of halogens is 1. The molecule has 0 heterocycles. The number of likely N-dealkylation sites (N-methyl/N-ethyl adjacent to an activating group) is 1. The molecule has 0 aromatic heterocycles. The van der Waals surface area contributed by atoms with Gasteiger partial charge in [0.2, 0.25) is 0 Å². The van der Waals surface area contributed by atoms with E-state index in [0.717, 1.165) is 18.1 Å². The van der Waals surface area contributed by atoms with Crippen LogP contribution in [-0.4, -0.2) is 27.2 Å². The van der Waals surface area contributed by atoms with Crippen molar-refractivity contribution in [1.29, 1.82) is 0 Å². The van der Waals surface area contributed by atoms with Crippen LogP contribution < -0.4 is 9.80 Å². The molecule has 2 nitrogen and oxygen atoms in total. The van der Waals surface area contributed by atoms with E-state index in [1.54, 1.807) is 4.90 Å². The van der Waals surface area contributed by atoms with Crippen molar-refractivity contribution in [3.8, 4) is 0 Å². The summed E-state index contributed by atoms with van der Waals surface area (Å²) in [5, 5.41) is 0.807. The maximum absolute atomic E-state index is 5.97. The minimum absolute atomic E-state index is 0.807. The van der Waals surface area contributed by atoms with E-state index in [2.05, 4.69) is 56.6 Å². The third-order valence-corrected chi connectivity index (χ3v) is 3.89. The Kier molecular flexibility index (Phi) is 6.24. The highest BCUT2D eigenvalue weighted by Crippen LogP contribution is 2.08. The van der Waals surface area contributed by atoms with Gasteiger partial charge in [-0.3, -0.25) is 0 Å². The Morgan fingerprint density at radius 2 is 1.33 bits per heavy atom. The van der Waals surface area contributed by atoms with E-state index in [0.29, 0.717) is 0 Å². The molecular formula is C18H25ClN2+2. The zero-order valence-corrected chi connectivity index (χ0v) is 13.7. The van der Waals surface area contributed by atoms with Gasteiger partial charge in [-0.1, -0.05) is 54.1 Å². The van der Waals surface area contributed by atoms with Crippen molar-refractivity contribution in [2.75, 3.05) is 27.2 Å². The molecule has 0 radical (unpaired) electrons. The largest absolute Gasteiger partial charge is 0.335 e. The number of rotatable bonds is 7. The molecule has 21 heavy (non-hydrogen) atoms. The summed E-state index contributed by atoms with van der Waals surface area (Å²) >= 11 is 5.97. The number of nitrogens with one attached hydrogen (secondary N) is 2. The van der Waals surface area contributed by atoms with Crippen molar-refractivity contribution in [1.82, 2.24) is 0 Å². The van der Waals surface area contributed by atoms with Crippen molar-refractivity contribution in [2.24, 2.45) is 0 Å². The van der Waals surface area contributed by atoms with Gasteiger partial charge in [0.05, 0.1) is 14.1 Å². The lowest BCUT2D eigenvalue weighted by Gasteiger charge is -2.20. The minimum atomic E-state index is 0.807. The molecule has 2 rings (SSSR count). The van der Waals surface area contributed by atoms with Crippen LogP contribution >= 0.6 is 11.6 Å². The SMILES string of the molecule is C[NH+](C)CC[NH+](Cc1ccccc1)Cc1ccc(Cl)cc1. The highest BCUT2D eigenvalue weighted by Gasteiger charge is 2.12. The van der Waals surface area contributed by atoms with E-state index in [9.17, 15) is 0 Å². The van der Waals surface area contributed by atoms with Crippen LogP contribution in [0.3, 0.4) is 0 Å². The van der Waals surface area contributed by atoms with Gasteiger partial charge >= 0.3 is 0 Å². The summed E-state index contributed by atoms with van der Waals surface area (Å²) in [4.78, 5) is 3.08. The Morgan fingerprint density at radius 3 is 1.90 bits per heavy atom. The van der Waals surface area contributed by atoms with Crippen LogP contribution in [0.4, 0.5) is 0 Å². The summed E-state index contributed by atoms with van der Waals surface area (Å²) in [6, 6.07) is 19.0. The van der Waals surface area contributed by atoms with Gasteiger partial charge in [0.15, 0.2) is 0 Å². The van der Waals surface area contributed by atoms with Crippen LogP contribution in [0.1, 0.15) is 11.1 Å². The van der Waals surface area contributed by atoms with Gasteiger partial charge in [-0.15, -0.1) is 0 Å². The molecule has 0 amide bonds. The smallest absolute Gasteiger partial charge is 0.127 e. The Labute approximate surface area is 133 Å². The van der Waals surface area contributed by atoms with Crippen LogP contribution in [0.5, 0.6) is 0 Å². The molecule has 0 saturated heterocycles. The average molecular weight is 305 g/mol. The molecule has 3 heteroatoms. The van der Waals surface area contributed by atoms with Gasteiger partial charge < -0.3 is 9.80 Å². The van der Waals surface area contributed by atoms with Crippen LogP contribution in [0.25, 0.3) is 0 Å². The minimum Gasteiger partial charge on any atom is -0.335 e.